The van der Waals surface area contributed by atoms with Crippen molar-refractivity contribution in [2.75, 3.05) is 0 Å². The molecule has 4 heteroatoms. The van der Waals surface area contributed by atoms with Crippen LogP contribution in [0, 0.1) is 13.8 Å². The zero-order valence-corrected chi connectivity index (χ0v) is 15.2. The Labute approximate surface area is 152 Å². The normalized spacial score (nSPS) is 11.2. The summed E-state index contributed by atoms with van der Waals surface area (Å²) in [6.45, 7) is 6.00. The molecule has 26 heavy (non-hydrogen) atoms. The Morgan fingerprint density at radius 3 is 2.31 bits per heavy atom. The lowest BCUT2D eigenvalue weighted by molar-refractivity contribution is 0.902. The topological polar surface area (TPSA) is 50.2 Å². The van der Waals surface area contributed by atoms with Crippen molar-refractivity contribution in [1.82, 2.24) is 14.6 Å². The van der Waals surface area contributed by atoms with Crippen LogP contribution in [0.2, 0.25) is 0 Å². The number of rotatable bonds is 3. The van der Waals surface area contributed by atoms with Crippen LogP contribution >= 0.6 is 0 Å². The molecule has 1 N–H and O–H groups in total. The number of nitrogens with one attached hydrogen (secondary N) is 1. The summed E-state index contributed by atoms with van der Waals surface area (Å²) < 4.78 is 1.81. The standard InChI is InChI=1S/C22H21N3O/c1-4-16-10-12-17(13-11-16)19-14(2)24-25-20(18-8-6-5-7-9-18)15(3)23-22(25)21(19)26/h5-13,24H,4H2,1-3H3. The zero-order chi connectivity index (χ0) is 18.3. The number of aromatic nitrogens is 3. The Morgan fingerprint density at radius 2 is 1.65 bits per heavy atom. The SMILES string of the molecule is CCc1ccc(-c2c(C)[nH]n3c(-c4ccccc4)c(C)nc3c2=O)cc1. The lowest BCUT2D eigenvalue weighted by Crippen LogP contribution is -2.14. The summed E-state index contributed by atoms with van der Waals surface area (Å²) in [4.78, 5) is 17.8. The van der Waals surface area contributed by atoms with Crippen molar-refractivity contribution in [2.45, 2.75) is 27.2 Å². The third-order valence-electron chi connectivity index (χ3n) is 4.83. The number of imidazole rings is 1. The second kappa shape index (κ2) is 6.30. The molecule has 0 atom stereocenters. The lowest BCUT2D eigenvalue weighted by Gasteiger charge is -2.09. The van der Waals surface area contributed by atoms with E-state index in [1.807, 2.05) is 60.8 Å². The van der Waals surface area contributed by atoms with E-state index >= 15 is 0 Å². The molecular formula is C22H21N3O. The van der Waals surface area contributed by atoms with Crippen LogP contribution in [0.5, 0.6) is 0 Å². The fraction of sp³-hybridized carbons (Fsp3) is 0.182. The quantitative estimate of drug-likeness (QED) is 0.594. The first-order valence-corrected chi connectivity index (χ1v) is 8.86. The summed E-state index contributed by atoms with van der Waals surface area (Å²) in [5, 5.41) is 3.37. The maximum Gasteiger partial charge on any atom is 0.232 e. The van der Waals surface area contributed by atoms with E-state index in [1.165, 1.54) is 5.56 Å². The minimum Gasteiger partial charge on any atom is -0.296 e. The molecule has 0 unspecified atom stereocenters. The van der Waals surface area contributed by atoms with Crippen molar-refractivity contribution in [2.24, 2.45) is 0 Å². The van der Waals surface area contributed by atoms with Crippen LogP contribution in [0.15, 0.2) is 59.4 Å². The monoisotopic (exact) mass is 343 g/mol. The molecule has 0 saturated heterocycles. The molecule has 0 amide bonds. The third kappa shape index (κ3) is 2.54. The van der Waals surface area contributed by atoms with Crippen LogP contribution in [0.3, 0.4) is 0 Å². The summed E-state index contributed by atoms with van der Waals surface area (Å²) in [5.41, 5.74) is 6.88. The molecule has 0 bridgehead atoms. The van der Waals surface area contributed by atoms with Crippen molar-refractivity contribution in [3.05, 3.63) is 81.8 Å². The molecule has 0 spiro atoms. The smallest absolute Gasteiger partial charge is 0.232 e. The van der Waals surface area contributed by atoms with E-state index in [9.17, 15) is 4.79 Å². The van der Waals surface area contributed by atoms with Gasteiger partial charge < -0.3 is 0 Å². The lowest BCUT2D eigenvalue weighted by atomic mass is 10.0. The number of H-pyrrole nitrogens is 1. The van der Waals surface area contributed by atoms with E-state index in [0.717, 1.165) is 34.6 Å². The van der Waals surface area contributed by atoms with Gasteiger partial charge in [-0.05, 0) is 31.4 Å². The summed E-state index contributed by atoms with van der Waals surface area (Å²) in [7, 11) is 0. The van der Waals surface area contributed by atoms with Crippen LogP contribution in [0.4, 0.5) is 0 Å². The largest absolute Gasteiger partial charge is 0.296 e. The molecule has 4 rings (SSSR count). The summed E-state index contributed by atoms with van der Waals surface area (Å²) in [6.07, 6.45) is 0.981. The van der Waals surface area contributed by atoms with Gasteiger partial charge in [0.05, 0.1) is 17.0 Å². The van der Waals surface area contributed by atoms with Gasteiger partial charge in [0.15, 0.2) is 0 Å². The van der Waals surface area contributed by atoms with E-state index in [2.05, 4.69) is 29.1 Å². The number of nitrogens with zero attached hydrogens (tertiary/aromatic N) is 2. The average molecular weight is 343 g/mol. The highest BCUT2D eigenvalue weighted by molar-refractivity contribution is 5.73. The minimum absolute atomic E-state index is 0.0456. The first kappa shape index (κ1) is 16.3. The summed E-state index contributed by atoms with van der Waals surface area (Å²) >= 11 is 0. The molecule has 0 fully saturated rings. The summed E-state index contributed by atoms with van der Waals surface area (Å²) in [5.74, 6) is 0. The summed E-state index contributed by atoms with van der Waals surface area (Å²) in [6, 6.07) is 18.2. The van der Waals surface area contributed by atoms with Crippen molar-refractivity contribution >= 4 is 5.65 Å². The van der Waals surface area contributed by atoms with Crippen molar-refractivity contribution in [3.8, 4) is 22.4 Å². The first-order valence-electron chi connectivity index (χ1n) is 8.86. The minimum atomic E-state index is -0.0456. The van der Waals surface area contributed by atoms with Crippen molar-refractivity contribution < 1.29 is 0 Å². The predicted octanol–water partition coefficient (Wildman–Crippen LogP) is 4.54. The Kier molecular flexibility index (Phi) is 3.96. The number of benzene rings is 2. The van der Waals surface area contributed by atoms with Crippen LogP contribution in [0.1, 0.15) is 23.9 Å². The molecule has 0 saturated carbocycles. The van der Waals surface area contributed by atoms with Gasteiger partial charge >= 0.3 is 0 Å². The van der Waals surface area contributed by atoms with E-state index in [1.54, 1.807) is 0 Å². The molecule has 0 aliphatic rings. The first-order chi connectivity index (χ1) is 12.6. The molecule has 4 aromatic rings. The van der Waals surface area contributed by atoms with Gasteiger partial charge in [-0.3, -0.25) is 9.89 Å². The molecule has 0 aliphatic heterocycles. The predicted molar refractivity (Wildman–Crippen MR) is 106 cm³/mol. The number of hydrogen-bond donors (Lipinski definition) is 1. The van der Waals surface area contributed by atoms with Gasteiger partial charge in [0.2, 0.25) is 11.1 Å². The van der Waals surface area contributed by atoms with Crippen molar-refractivity contribution in [1.29, 1.82) is 0 Å². The Balaban J connectivity index is 1.97. The second-order valence-electron chi connectivity index (χ2n) is 6.56. The second-order valence-corrected chi connectivity index (χ2v) is 6.56. The van der Waals surface area contributed by atoms with Crippen molar-refractivity contribution in [3.63, 3.8) is 0 Å². The molecule has 0 radical (unpaired) electrons. The van der Waals surface area contributed by atoms with E-state index in [0.29, 0.717) is 11.2 Å². The highest BCUT2D eigenvalue weighted by Crippen LogP contribution is 2.25. The molecule has 4 nitrogen and oxygen atoms in total. The zero-order valence-electron chi connectivity index (χ0n) is 15.2. The number of fused-ring (bicyclic) bond motifs is 1. The molecule has 0 aliphatic carbocycles. The Hall–Kier alpha value is -3.14. The van der Waals surface area contributed by atoms with Crippen LogP contribution in [0.25, 0.3) is 28.0 Å². The average Bonchev–Trinajstić information content (AvgIpc) is 2.99. The van der Waals surface area contributed by atoms with E-state index < -0.39 is 0 Å². The van der Waals surface area contributed by atoms with Crippen LogP contribution in [-0.2, 0) is 6.42 Å². The third-order valence-corrected chi connectivity index (χ3v) is 4.83. The van der Waals surface area contributed by atoms with E-state index in [4.69, 9.17) is 0 Å². The highest BCUT2D eigenvalue weighted by Gasteiger charge is 2.18. The molecule has 2 aromatic heterocycles. The molecule has 2 aromatic carbocycles. The van der Waals surface area contributed by atoms with Crippen LogP contribution in [-0.4, -0.2) is 14.6 Å². The van der Waals surface area contributed by atoms with Gasteiger partial charge in [0, 0.05) is 11.3 Å². The van der Waals surface area contributed by atoms with Gasteiger partial charge in [-0.25, -0.2) is 9.50 Å². The van der Waals surface area contributed by atoms with Gasteiger partial charge in [0.1, 0.15) is 0 Å². The Morgan fingerprint density at radius 1 is 0.962 bits per heavy atom. The van der Waals surface area contributed by atoms with Crippen LogP contribution < -0.4 is 5.43 Å². The fourth-order valence-corrected chi connectivity index (χ4v) is 3.49. The van der Waals surface area contributed by atoms with Gasteiger partial charge in [-0.2, -0.15) is 0 Å². The van der Waals surface area contributed by atoms with E-state index in [-0.39, 0.29) is 5.43 Å². The van der Waals surface area contributed by atoms with Gasteiger partial charge in [-0.1, -0.05) is 61.5 Å². The highest BCUT2D eigenvalue weighted by atomic mass is 16.1. The maximum absolute atomic E-state index is 13.2. The maximum atomic E-state index is 13.2. The molecular weight excluding hydrogens is 322 g/mol. The number of hydrogen-bond acceptors (Lipinski definition) is 2. The Bertz CT molecular complexity index is 1140. The van der Waals surface area contributed by atoms with Gasteiger partial charge in [-0.15, -0.1) is 0 Å². The fourth-order valence-electron chi connectivity index (χ4n) is 3.49. The molecule has 2 heterocycles. The van der Waals surface area contributed by atoms with Gasteiger partial charge in [0.25, 0.3) is 0 Å². The molecule has 130 valence electrons. The number of aromatic amines is 1. The number of aryl methyl sites for hydroxylation is 3.